The lowest BCUT2D eigenvalue weighted by molar-refractivity contribution is -0.137. The number of benzene rings is 2. The zero-order valence-corrected chi connectivity index (χ0v) is 17.2. The van der Waals surface area contributed by atoms with E-state index in [9.17, 15) is 23.2 Å². The molecule has 4 rings (SSSR count). The van der Waals surface area contributed by atoms with E-state index < -0.39 is 17.8 Å². The molecule has 12 heteroatoms. The molecule has 0 radical (unpaired) electrons. The monoisotopic (exact) mass is 456 g/mol. The smallest absolute Gasteiger partial charge is 0.368 e. The first kappa shape index (κ1) is 22.1. The maximum atomic E-state index is 12.7. The predicted molar refractivity (Wildman–Crippen MR) is 115 cm³/mol. The zero-order chi connectivity index (χ0) is 23.4. The lowest BCUT2D eigenvalue weighted by Gasteiger charge is -2.30. The molecule has 33 heavy (non-hydrogen) atoms. The minimum atomic E-state index is -4.43. The van der Waals surface area contributed by atoms with Crippen LogP contribution in [0.1, 0.15) is 11.1 Å². The third-order valence-corrected chi connectivity index (χ3v) is 5.03. The van der Waals surface area contributed by atoms with Gasteiger partial charge in [0.25, 0.3) is 0 Å². The van der Waals surface area contributed by atoms with Gasteiger partial charge in [0, 0.05) is 31.9 Å². The van der Waals surface area contributed by atoms with E-state index in [0.717, 1.165) is 44.0 Å². The fraction of sp³-hybridized carbons (Fsp3) is 0.238. The summed E-state index contributed by atoms with van der Waals surface area (Å²) in [4.78, 5) is 14.5. The summed E-state index contributed by atoms with van der Waals surface area (Å²) < 4.78 is 39.3. The number of aromatic nitrogens is 3. The average Bonchev–Trinajstić information content (AvgIpc) is 3.27. The highest BCUT2D eigenvalue weighted by molar-refractivity contribution is 5.99. The maximum absolute atomic E-state index is 12.7. The van der Waals surface area contributed by atoms with Gasteiger partial charge in [-0.3, -0.25) is 5.32 Å². The SMILES string of the molecule is N#Cc1cc(NC(=O)Nc2cn(-c3ccc(C(F)(F)F)cc3)nn2)ccc1N1CCNCC1. The highest BCUT2D eigenvalue weighted by Gasteiger charge is 2.30. The van der Waals surface area contributed by atoms with Crippen LogP contribution in [0.4, 0.5) is 35.2 Å². The first-order chi connectivity index (χ1) is 15.8. The van der Waals surface area contributed by atoms with E-state index in [1.165, 1.54) is 23.0 Å². The number of halogens is 3. The summed E-state index contributed by atoms with van der Waals surface area (Å²) in [7, 11) is 0. The van der Waals surface area contributed by atoms with Crippen LogP contribution >= 0.6 is 0 Å². The van der Waals surface area contributed by atoms with Crippen molar-refractivity contribution in [3.63, 3.8) is 0 Å². The van der Waals surface area contributed by atoms with Crippen LogP contribution in [0.15, 0.2) is 48.7 Å². The topological polar surface area (TPSA) is 111 Å². The van der Waals surface area contributed by atoms with E-state index in [0.29, 0.717) is 16.9 Å². The summed E-state index contributed by atoms with van der Waals surface area (Å²) in [6.07, 6.45) is -3.06. The lowest BCUT2D eigenvalue weighted by atomic mass is 10.1. The standard InChI is InChI=1S/C21H19F3N8O/c22-21(23,24)15-1-4-17(5-2-15)32-13-19(29-30-32)28-20(33)27-16-3-6-18(14(11-16)12-25)31-9-7-26-8-10-31/h1-6,11,13,26H,7-10H2,(H2,27,28,33). The molecule has 170 valence electrons. The van der Waals surface area contributed by atoms with Gasteiger partial charge in [0.2, 0.25) is 0 Å². The molecule has 0 atom stereocenters. The molecule has 3 N–H and O–H groups in total. The number of carbonyl (C=O) groups excluding carboxylic acids is 1. The number of piperazine rings is 1. The number of hydrogen-bond acceptors (Lipinski definition) is 6. The number of urea groups is 1. The number of anilines is 3. The molecule has 1 saturated heterocycles. The molecule has 3 aromatic rings. The number of nitrogens with zero attached hydrogens (tertiary/aromatic N) is 5. The Kier molecular flexibility index (Phi) is 6.14. The van der Waals surface area contributed by atoms with Gasteiger partial charge >= 0.3 is 12.2 Å². The number of nitrogens with one attached hydrogen (secondary N) is 3. The Morgan fingerprint density at radius 1 is 1.09 bits per heavy atom. The molecule has 1 aromatic heterocycles. The van der Waals surface area contributed by atoms with Crippen molar-refractivity contribution in [2.24, 2.45) is 0 Å². The molecule has 1 fully saturated rings. The molecular formula is C21H19F3N8O. The number of alkyl halides is 3. The molecule has 1 aliphatic rings. The van der Waals surface area contributed by atoms with Crippen LogP contribution in [-0.4, -0.2) is 47.2 Å². The van der Waals surface area contributed by atoms with Gasteiger partial charge < -0.3 is 15.5 Å². The fourth-order valence-corrected chi connectivity index (χ4v) is 3.41. The zero-order valence-electron chi connectivity index (χ0n) is 17.2. The second-order valence-electron chi connectivity index (χ2n) is 7.25. The molecule has 0 spiro atoms. The van der Waals surface area contributed by atoms with Crippen molar-refractivity contribution in [1.82, 2.24) is 20.3 Å². The van der Waals surface area contributed by atoms with Gasteiger partial charge in [-0.15, -0.1) is 5.10 Å². The lowest BCUT2D eigenvalue weighted by Crippen LogP contribution is -2.43. The first-order valence-corrected chi connectivity index (χ1v) is 10.0. The number of rotatable bonds is 4. The van der Waals surface area contributed by atoms with E-state index >= 15 is 0 Å². The van der Waals surface area contributed by atoms with Gasteiger partial charge in [-0.1, -0.05) is 5.21 Å². The minimum Gasteiger partial charge on any atom is -0.368 e. The molecule has 2 heterocycles. The van der Waals surface area contributed by atoms with Crippen molar-refractivity contribution in [3.8, 4) is 11.8 Å². The largest absolute Gasteiger partial charge is 0.416 e. The van der Waals surface area contributed by atoms with E-state index in [4.69, 9.17) is 0 Å². The third-order valence-electron chi connectivity index (χ3n) is 5.03. The third kappa shape index (κ3) is 5.21. The van der Waals surface area contributed by atoms with Crippen molar-refractivity contribution < 1.29 is 18.0 Å². The van der Waals surface area contributed by atoms with Gasteiger partial charge in [-0.2, -0.15) is 18.4 Å². The Balaban J connectivity index is 1.40. The molecule has 0 aliphatic carbocycles. The van der Waals surface area contributed by atoms with Crippen molar-refractivity contribution in [3.05, 3.63) is 59.8 Å². The molecule has 2 amide bonds. The van der Waals surface area contributed by atoms with Gasteiger partial charge in [0.1, 0.15) is 6.07 Å². The second-order valence-corrected chi connectivity index (χ2v) is 7.25. The number of nitriles is 1. The average molecular weight is 456 g/mol. The Bertz CT molecular complexity index is 1180. The van der Waals surface area contributed by atoms with Crippen LogP contribution in [0.3, 0.4) is 0 Å². The van der Waals surface area contributed by atoms with Gasteiger partial charge in [-0.25, -0.2) is 9.48 Å². The van der Waals surface area contributed by atoms with Gasteiger partial charge in [-0.05, 0) is 42.5 Å². The van der Waals surface area contributed by atoms with Crippen molar-refractivity contribution in [2.45, 2.75) is 6.18 Å². The fourth-order valence-electron chi connectivity index (χ4n) is 3.41. The summed E-state index contributed by atoms with van der Waals surface area (Å²) in [5.41, 5.74) is 1.26. The van der Waals surface area contributed by atoms with Crippen molar-refractivity contribution >= 4 is 23.2 Å². The summed E-state index contributed by atoms with van der Waals surface area (Å²) in [5, 5.41) is 25.5. The molecule has 0 unspecified atom stereocenters. The van der Waals surface area contributed by atoms with E-state index in [2.05, 4.69) is 37.2 Å². The second kappa shape index (κ2) is 9.17. The molecule has 0 bridgehead atoms. The highest BCUT2D eigenvalue weighted by atomic mass is 19.4. The maximum Gasteiger partial charge on any atom is 0.416 e. The molecule has 9 nitrogen and oxygen atoms in total. The van der Waals surface area contributed by atoms with Gasteiger partial charge in [0.15, 0.2) is 5.82 Å². The minimum absolute atomic E-state index is 0.102. The van der Waals surface area contributed by atoms with E-state index in [-0.39, 0.29) is 5.82 Å². The Hall–Kier alpha value is -4.11. The highest BCUT2D eigenvalue weighted by Crippen LogP contribution is 2.29. The number of carbonyl (C=O) groups is 1. The quantitative estimate of drug-likeness (QED) is 0.556. The van der Waals surface area contributed by atoms with Crippen LogP contribution in [0.25, 0.3) is 5.69 Å². The van der Waals surface area contributed by atoms with Gasteiger partial charge in [0.05, 0.1) is 28.7 Å². The van der Waals surface area contributed by atoms with E-state index in [1.807, 2.05) is 0 Å². The molecular weight excluding hydrogens is 437 g/mol. The molecule has 1 aliphatic heterocycles. The molecule has 0 saturated carbocycles. The Morgan fingerprint density at radius 2 is 1.82 bits per heavy atom. The van der Waals surface area contributed by atoms with Crippen LogP contribution < -0.4 is 20.9 Å². The van der Waals surface area contributed by atoms with Crippen molar-refractivity contribution in [2.75, 3.05) is 41.7 Å². The first-order valence-electron chi connectivity index (χ1n) is 10.0. The predicted octanol–water partition coefficient (Wildman–Crippen LogP) is 3.21. The Labute approximate surface area is 186 Å². The molecule has 2 aromatic carbocycles. The van der Waals surface area contributed by atoms with E-state index in [1.54, 1.807) is 18.2 Å². The Morgan fingerprint density at radius 3 is 2.48 bits per heavy atom. The number of hydrogen-bond donors (Lipinski definition) is 3. The summed E-state index contributed by atoms with van der Waals surface area (Å²) in [6.45, 7) is 3.24. The van der Waals surface area contributed by atoms with Crippen LogP contribution in [0.5, 0.6) is 0 Å². The van der Waals surface area contributed by atoms with Crippen LogP contribution in [0, 0.1) is 11.3 Å². The van der Waals surface area contributed by atoms with Crippen LogP contribution in [0.2, 0.25) is 0 Å². The normalized spacial score (nSPS) is 13.9. The number of amides is 2. The van der Waals surface area contributed by atoms with Crippen LogP contribution in [-0.2, 0) is 6.18 Å². The van der Waals surface area contributed by atoms with Crippen molar-refractivity contribution in [1.29, 1.82) is 5.26 Å². The summed E-state index contributed by atoms with van der Waals surface area (Å²) in [5.74, 6) is 0.102. The summed E-state index contributed by atoms with van der Waals surface area (Å²) in [6, 6.07) is 11.0. The summed E-state index contributed by atoms with van der Waals surface area (Å²) >= 11 is 0.